The molecular formula is C24H31N3O3. The van der Waals surface area contributed by atoms with Crippen LogP contribution in [0.2, 0.25) is 0 Å². The molecule has 0 bridgehead atoms. The molecule has 0 radical (unpaired) electrons. The van der Waals surface area contributed by atoms with E-state index in [0.717, 1.165) is 24.1 Å². The van der Waals surface area contributed by atoms with Crippen molar-refractivity contribution in [3.8, 4) is 5.69 Å². The van der Waals surface area contributed by atoms with Gasteiger partial charge in [-0.1, -0.05) is 12.1 Å². The number of piperidine rings is 1. The second-order valence-corrected chi connectivity index (χ2v) is 8.59. The average Bonchev–Trinajstić information content (AvgIpc) is 3.28. The molecule has 2 saturated heterocycles. The van der Waals surface area contributed by atoms with E-state index in [1.807, 2.05) is 77.0 Å². The van der Waals surface area contributed by atoms with Gasteiger partial charge in [-0.15, -0.1) is 0 Å². The van der Waals surface area contributed by atoms with E-state index in [9.17, 15) is 9.59 Å². The number of nitrogens with zero attached hydrogens (tertiary/aromatic N) is 3. The third kappa shape index (κ3) is 4.75. The average molecular weight is 410 g/mol. The third-order valence-electron chi connectivity index (χ3n) is 6.12. The zero-order valence-corrected chi connectivity index (χ0v) is 17.9. The monoisotopic (exact) mass is 409 g/mol. The van der Waals surface area contributed by atoms with Gasteiger partial charge in [-0.2, -0.15) is 0 Å². The van der Waals surface area contributed by atoms with Crippen molar-refractivity contribution < 1.29 is 14.3 Å². The zero-order chi connectivity index (χ0) is 21.1. The van der Waals surface area contributed by atoms with Crippen LogP contribution in [0.1, 0.15) is 32.3 Å². The maximum Gasteiger partial charge on any atom is 0.226 e. The Labute approximate surface area is 178 Å². The van der Waals surface area contributed by atoms with E-state index in [1.165, 1.54) is 0 Å². The Morgan fingerprint density at radius 2 is 1.53 bits per heavy atom. The van der Waals surface area contributed by atoms with Crippen LogP contribution in [0.3, 0.4) is 0 Å². The molecule has 2 aliphatic heterocycles. The molecule has 30 heavy (non-hydrogen) atoms. The van der Waals surface area contributed by atoms with Gasteiger partial charge in [0.25, 0.3) is 0 Å². The first-order valence-corrected chi connectivity index (χ1v) is 10.9. The molecule has 2 amide bonds. The molecule has 160 valence electrons. The van der Waals surface area contributed by atoms with E-state index < -0.39 is 0 Å². The van der Waals surface area contributed by atoms with E-state index in [4.69, 9.17) is 4.74 Å². The van der Waals surface area contributed by atoms with Crippen molar-refractivity contribution in [3.05, 3.63) is 54.4 Å². The maximum absolute atomic E-state index is 12.9. The fourth-order valence-electron chi connectivity index (χ4n) is 4.57. The van der Waals surface area contributed by atoms with Gasteiger partial charge in [0.05, 0.1) is 18.6 Å². The van der Waals surface area contributed by atoms with E-state index >= 15 is 0 Å². The second-order valence-electron chi connectivity index (χ2n) is 8.59. The molecule has 2 aliphatic rings. The largest absolute Gasteiger partial charge is 0.372 e. The van der Waals surface area contributed by atoms with Crippen LogP contribution < -0.4 is 0 Å². The summed E-state index contributed by atoms with van der Waals surface area (Å²) in [5.74, 6) is 0.389. The molecule has 0 spiro atoms. The minimum atomic E-state index is 0.0207. The Hall–Kier alpha value is -2.60. The zero-order valence-electron chi connectivity index (χ0n) is 17.9. The van der Waals surface area contributed by atoms with Crippen LogP contribution in [0.25, 0.3) is 5.69 Å². The number of carbonyl (C=O) groups is 2. The minimum Gasteiger partial charge on any atom is -0.372 e. The van der Waals surface area contributed by atoms with Gasteiger partial charge < -0.3 is 19.1 Å². The molecule has 2 aromatic rings. The Kier molecular flexibility index (Phi) is 6.23. The van der Waals surface area contributed by atoms with Gasteiger partial charge in [-0.3, -0.25) is 9.59 Å². The van der Waals surface area contributed by atoms with Crippen LogP contribution in [0.15, 0.2) is 48.8 Å². The Bertz CT molecular complexity index is 844. The summed E-state index contributed by atoms with van der Waals surface area (Å²) >= 11 is 0. The normalized spacial score (nSPS) is 22.9. The molecule has 0 saturated carbocycles. The van der Waals surface area contributed by atoms with Crippen LogP contribution in [-0.2, 0) is 20.7 Å². The molecule has 6 nitrogen and oxygen atoms in total. The van der Waals surface area contributed by atoms with Gasteiger partial charge in [0.1, 0.15) is 0 Å². The number of carbonyl (C=O) groups excluding carboxylic acids is 2. The lowest BCUT2D eigenvalue weighted by Crippen LogP contribution is -2.51. The van der Waals surface area contributed by atoms with Crippen molar-refractivity contribution in [2.75, 3.05) is 26.2 Å². The highest BCUT2D eigenvalue weighted by Gasteiger charge is 2.33. The number of ether oxygens (including phenoxy) is 1. The van der Waals surface area contributed by atoms with Crippen molar-refractivity contribution in [2.24, 2.45) is 5.92 Å². The van der Waals surface area contributed by atoms with E-state index in [-0.39, 0.29) is 29.9 Å². The van der Waals surface area contributed by atoms with Crippen LogP contribution in [0, 0.1) is 5.92 Å². The summed E-state index contributed by atoms with van der Waals surface area (Å²) in [5.41, 5.74) is 2.10. The lowest BCUT2D eigenvalue weighted by molar-refractivity contribution is -0.150. The molecule has 6 heteroatoms. The lowest BCUT2D eigenvalue weighted by atomic mass is 9.94. The molecule has 0 unspecified atom stereocenters. The Balaban J connectivity index is 1.27. The number of benzene rings is 1. The first-order chi connectivity index (χ1) is 14.5. The number of aromatic nitrogens is 1. The number of likely N-dealkylation sites (tertiary alicyclic amines) is 1. The van der Waals surface area contributed by atoms with Crippen LogP contribution in [0.5, 0.6) is 0 Å². The van der Waals surface area contributed by atoms with Gasteiger partial charge in [-0.25, -0.2) is 0 Å². The first-order valence-electron chi connectivity index (χ1n) is 10.9. The predicted molar refractivity (Wildman–Crippen MR) is 115 cm³/mol. The van der Waals surface area contributed by atoms with Crippen LogP contribution in [0.4, 0.5) is 0 Å². The van der Waals surface area contributed by atoms with E-state index in [2.05, 4.69) is 0 Å². The number of rotatable bonds is 4. The summed E-state index contributed by atoms with van der Waals surface area (Å²) in [6, 6.07) is 12.1. The molecule has 1 aromatic carbocycles. The third-order valence-corrected chi connectivity index (χ3v) is 6.12. The molecule has 2 fully saturated rings. The number of hydrogen-bond donors (Lipinski definition) is 0. The maximum atomic E-state index is 12.9. The molecular weight excluding hydrogens is 378 g/mol. The van der Waals surface area contributed by atoms with Crippen LogP contribution >= 0.6 is 0 Å². The quantitative estimate of drug-likeness (QED) is 0.780. The fraction of sp³-hybridized carbons (Fsp3) is 0.500. The SMILES string of the molecule is C[C@H]1CN(C(=O)C2CCN(C(=O)Cc3ccc(-n4cccc4)cc3)CC2)C[C@H](C)O1. The van der Waals surface area contributed by atoms with E-state index in [0.29, 0.717) is 32.6 Å². The summed E-state index contributed by atoms with van der Waals surface area (Å²) in [6.07, 6.45) is 6.08. The minimum absolute atomic E-state index is 0.0207. The van der Waals surface area contributed by atoms with Crippen molar-refractivity contribution >= 4 is 11.8 Å². The molecule has 3 heterocycles. The number of morpholine rings is 1. The molecule has 4 rings (SSSR count). The standard InChI is InChI=1S/C24H31N3O3/c1-18-16-27(17-19(2)30-18)24(29)21-9-13-26(14-10-21)23(28)15-20-5-7-22(8-6-20)25-11-3-4-12-25/h3-8,11-12,18-19,21H,9-10,13-17H2,1-2H3/t18-,19-/m0/s1. The van der Waals surface area contributed by atoms with Gasteiger partial charge in [0.15, 0.2) is 0 Å². The molecule has 1 aromatic heterocycles. The second kappa shape index (κ2) is 9.04. The highest BCUT2D eigenvalue weighted by molar-refractivity contribution is 5.81. The Morgan fingerprint density at radius 3 is 2.13 bits per heavy atom. The van der Waals surface area contributed by atoms with Crippen LogP contribution in [-0.4, -0.2) is 64.6 Å². The van der Waals surface area contributed by atoms with Crippen molar-refractivity contribution in [2.45, 2.75) is 45.3 Å². The van der Waals surface area contributed by atoms with Gasteiger partial charge >= 0.3 is 0 Å². The van der Waals surface area contributed by atoms with Gasteiger partial charge in [0.2, 0.25) is 11.8 Å². The highest BCUT2D eigenvalue weighted by Crippen LogP contribution is 2.23. The fourth-order valence-corrected chi connectivity index (χ4v) is 4.57. The lowest BCUT2D eigenvalue weighted by Gasteiger charge is -2.39. The number of hydrogen-bond acceptors (Lipinski definition) is 3. The molecule has 0 N–H and O–H groups in total. The summed E-state index contributed by atoms with van der Waals surface area (Å²) in [4.78, 5) is 29.5. The van der Waals surface area contributed by atoms with Crippen molar-refractivity contribution in [1.82, 2.24) is 14.4 Å². The van der Waals surface area contributed by atoms with Crippen molar-refractivity contribution in [3.63, 3.8) is 0 Å². The summed E-state index contributed by atoms with van der Waals surface area (Å²) in [5, 5.41) is 0. The highest BCUT2D eigenvalue weighted by atomic mass is 16.5. The van der Waals surface area contributed by atoms with Gasteiger partial charge in [0, 0.05) is 50.2 Å². The molecule has 2 atom stereocenters. The smallest absolute Gasteiger partial charge is 0.226 e. The Morgan fingerprint density at radius 1 is 0.933 bits per heavy atom. The van der Waals surface area contributed by atoms with Crippen molar-refractivity contribution in [1.29, 1.82) is 0 Å². The molecule has 0 aliphatic carbocycles. The summed E-state index contributed by atoms with van der Waals surface area (Å²) < 4.78 is 7.78. The topological polar surface area (TPSA) is 54.8 Å². The predicted octanol–water partition coefficient (Wildman–Crippen LogP) is 2.89. The number of amides is 2. The van der Waals surface area contributed by atoms with Gasteiger partial charge in [-0.05, 0) is 56.5 Å². The van der Waals surface area contributed by atoms with E-state index in [1.54, 1.807) is 0 Å². The summed E-state index contributed by atoms with van der Waals surface area (Å²) in [6.45, 7) is 6.69. The first kappa shape index (κ1) is 20.7. The summed E-state index contributed by atoms with van der Waals surface area (Å²) in [7, 11) is 0.